The standard InChI is InChI=1S/C53H106N/c1-3-5-7-9-11-13-15-17-19-21-23-25-27-29-31-33-35-37-39-41-43-45-47-49-51-53-54-52-50-48-46-44-42-40-38-36-34-32-30-28-26-24-22-20-18-16-14-12-10-8-6-4-2/h52-53H,3-51H2,1-2H3/q+1. The molecule has 0 N–H and O–H groups in total. The summed E-state index contributed by atoms with van der Waals surface area (Å²) in [5, 5.41) is 0. The number of hydrogen-bond donors (Lipinski definition) is 0. The third kappa shape index (κ3) is 51.5. The molecule has 0 atom stereocenters. The molecule has 0 spiro atoms. The average molecular weight is 757 g/mol. The molecule has 0 aromatic heterocycles. The van der Waals surface area contributed by atoms with Crippen molar-refractivity contribution in [3.05, 3.63) is 0 Å². The predicted octanol–water partition coefficient (Wildman–Crippen LogP) is 19.3. The molecular weight excluding hydrogens is 651 g/mol. The van der Waals surface area contributed by atoms with Crippen LogP contribution in [0.5, 0.6) is 0 Å². The van der Waals surface area contributed by atoms with Gasteiger partial charge in [-0.25, -0.2) is 0 Å². The van der Waals surface area contributed by atoms with Crippen molar-refractivity contribution < 1.29 is 0 Å². The van der Waals surface area contributed by atoms with Gasteiger partial charge in [0.2, 0.25) is 0 Å². The van der Waals surface area contributed by atoms with Crippen LogP contribution >= 0.6 is 0 Å². The van der Waals surface area contributed by atoms with Crippen LogP contribution in [0.1, 0.15) is 328 Å². The van der Waals surface area contributed by atoms with Gasteiger partial charge in [0.05, 0.1) is 0 Å². The van der Waals surface area contributed by atoms with Gasteiger partial charge >= 0.3 is 0 Å². The minimum atomic E-state index is 1.18. The van der Waals surface area contributed by atoms with Gasteiger partial charge in [0, 0.05) is 12.8 Å². The second-order valence-corrected chi connectivity index (χ2v) is 18.0. The molecule has 1 nitrogen and oxygen atoms in total. The summed E-state index contributed by atoms with van der Waals surface area (Å²) in [6.45, 7) is 4.62. The van der Waals surface area contributed by atoms with Gasteiger partial charge in [-0.2, -0.15) is 0 Å². The van der Waals surface area contributed by atoms with E-state index in [1.807, 2.05) is 0 Å². The zero-order valence-corrected chi connectivity index (χ0v) is 38.3. The normalized spacial score (nSPS) is 11.4. The summed E-state index contributed by atoms with van der Waals surface area (Å²) in [6.07, 6.45) is 75.3. The van der Waals surface area contributed by atoms with Crippen molar-refractivity contribution in [2.45, 2.75) is 328 Å². The first-order valence-electron chi connectivity index (χ1n) is 26.2. The van der Waals surface area contributed by atoms with Crippen LogP contribution in [0.2, 0.25) is 0 Å². The fourth-order valence-electron chi connectivity index (χ4n) is 8.44. The van der Waals surface area contributed by atoms with Crippen LogP contribution in [0.3, 0.4) is 0 Å². The van der Waals surface area contributed by atoms with Crippen LogP contribution in [0.25, 0.3) is 0 Å². The van der Waals surface area contributed by atoms with E-state index in [1.165, 1.54) is 315 Å². The van der Waals surface area contributed by atoms with Crippen molar-refractivity contribution in [1.82, 2.24) is 4.67 Å². The topological polar surface area (TPSA) is 14.1 Å². The van der Waals surface area contributed by atoms with Gasteiger partial charge < -0.3 is 0 Å². The molecule has 0 saturated heterocycles. The van der Waals surface area contributed by atoms with E-state index >= 15 is 0 Å². The Hall–Kier alpha value is -0.550. The van der Waals surface area contributed by atoms with Gasteiger partial charge in [-0.05, 0) is 12.8 Å². The van der Waals surface area contributed by atoms with Crippen molar-refractivity contribution in [3.63, 3.8) is 0 Å². The van der Waals surface area contributed by atoms with Crippen molar-refractivity contribution >= 4 is 12.4 Å². The molecule has 0 aromatic rings. The second-order valence-electron chi connectivity index (χ2n) is 18.0. The van der Waals surface area contributed by atoms with E-state index < -0.39 is 0 Å². The van der Waals surface area contributed by atoms with Crippen LogP contribution in [0, 0.1) is 0 Å². The van der Waals surface area contributed by atoms with Crippen molar-refractivity contribution in [2.75, 3.05) is 0 Å². The summed E-state index contributed by atoms with van der Waals surface area (Å²) >= 11 is 0. The van der Waals surface area contributed by atoms with Crippen molar-refractivity contribution in [1.29, 1.82) is 0 Å². The Morgan fingerprint density at radius 1 is 0.185 bits per heavy atom. The van der Waals surface area contributed by atoms with E-state index in [9.17, 15) is 0 Å². The third-order valence-corrected chi connectivity index (χ3v) is 12.3. The monoisotopic (exact) mass is 757 g/mol. The SMILES string of the molecule is CCCCCCCCCCCCCCCCCCCCCCCCCC=[N+]=CCCCCCCCCCCCCCCCCCCCCCCCCCC. The summed E-state index contributed by atoms with van der Waals surface area (Å²) in [6, 6.07) is 0. The van der Waals surface area contributed by atoms with Crippen molar-refractivity contribution in [2.24, 2.45) is 0 Å². The Morgan fingerprint density at radius 2 is 0.315 bits per heavy atom. The fraction of sp³-hybridized carbons (Fsp3) is 0.962. The van der Waals surface area contributed by atoms with E-state index in [-0.39, 0.29) is 0 Å². The van der Waals surface area contributed by atoms with E-state index in [4.69, 9.17) is 0 Å². The maximum atomic E-state index is 4.58. The summed E-state index contributed by atoms with van der Waals surface area (Å²) < 4.78 is 4.58. The molecule has 0 aliphatic heterocycles. The summed E-state index contributed by atoms with van der Waals surface area (Å²) in [5.41, 5.74) is 0. The number of rotatable bonds is 49. The summed E-state index contributed by atoms with van der Waals surface area (Å²) in [5.74, 6) is 0. The smallest absolute Gasteiger partial charge is 0.111 e. The lowest BCUT2D eigenvalue weighted by molar-refractivity contribution is 0.517. The molecule has 54 heavy (non-hydrogen) atoms. The summed E-state index contributed by atoms with van der Waals surface area (Å²) in [7, 11) is 0. The number of hydrogen-bond acceptors (Lipinski definition) is 0. The minimum absolute atomic E-state index is 1.18. The van der Waals surface area contributed by atoms with Gasteiger partial charge in [0.1, 0.15) is 0 Å². The van der Waals surface area contributed by atoms with Crippen LogP contribution < -0.4 is 4.67 Å². The quantitative estimate of drug-likeness (QED) is 0.0333. The molecule has 0 aromatic carbocycles. The van der Waals surface area contributed by atoms with Crippen LogP contribution in [0.4, 0.5) is 0 Å². The van der Waals surface area contributed by atoms with Crippen LogP contribution in [-0.2, 0) is 0 Å². The molecule has 0 saturated carbocycles. The zero-order valence-electron chi connectivity index (χ0n) is 38.3. The Labute approximate surface area is 344 Å². The highest BCUT2D eigenvalue weighted by Crippen LogP contribution is 2.17. The highest BCUT2D eigenvalue weighted by molar-refractivity contribution is 5.65. The Morgan fingerprint density at radius 3 is 0.463 bits per heavy atom. The van der Waals surface area contributed by atoms with E-state index in [1.54, 1.807) is 0 Å². The molecule has 0 bridgehead atoms. The van der Waals surface area contributed by atoms with Gasteiger partial charge in [-0.15, -0.1) is 4.67 Å². The highest BCUT2D eigenvalue weighted by Gasteiger charge is 1.99. The van der Waals surface area contributed by atoms with Gasteiger partial charge in [-0.3, -0.25) is 0 Å². The fourth-order valence-corrected chi connectivity index (χ4v) is 8.44. The summed E-state index contributed by atoms with van der Waals surface area (Å²) in [4.78, 5) is 0. The highest BCUT2D eigenvalue weighted by atomic mass is 14.5. The molecule has 0 rings (SSSR count). The molecule has 1 heteroatoms. The number of nitrogens with zero attached hydrogens (tertiary/aromatic N) is 1. The largest absolute Gasteiger partial charge is 0.268 e. The van der Waals surface area contributed by atoms with Crippen LogP contribution in [-0.4, -0.2) is 12.4 Å². The van der Waals surface area contributed by atoms with Crippen LogP contribution in [0.15, 0.2) is 0 Å². The van der Waals surface area contributed by atoms with Crippen molar-refractivity contribution in [3.8, 4) is 0 Å². The molecule has 322 valence electrons. The molecule has 0 aliphatic carbocycles. The first-order chi connectivity index (χ1) is 26.9. The maximum absolute atomic E-state index is 4.58. The van der Waals surface area contributed by atoms with E-state index in [0.29, 0.717) is 0 Å². The third-order valence-electron chi connectivity index (χ3n) is 12.3. The lowest BCUT2D eigenvalue weighted by atomic mass is 10.0. The number of unbranched alkanes of at least 4 members (excludes halogenated alkanes) is 47. The zero-order chi connectivity index (χ0) is 38.8. The Balaban J connectivity index is 3.14. The van der Waals surface area contributed by atoms with Gasteiger partial charge in [-0.1, -0.05) is 303 Å². The average Bonchev–Trinajstić information content (AvgIpc) is 3.18. The lowest BCUT2D eigenvalue weighted by Crippen LogP contribution is -1.87. The first kappa shape index (κ1) is 53.5. The van der Waals surface area contributed by atoms with E-state index in [2.05, 4.69) is 30.9 Å². The predicted molar refractivity (Wildman–Crippen MR) is 252 cm³/mol. The molecule has 0 amide bonds. The Kier molecular flexibility index (Phi) is 51.9. The van der Waals surface area contributed by atoms with E-state index in [0.717, 1.165) is 0 Å². The van der Waals surface area contributed by atoms with Gasteiger partial charge in [0.15, 0.2) is 0 Å². The Bertz CT molecular complexity index is 689. The molecule has 0 fully saturated rings. The lowest BCUT2D eigenvalue weighted by Gasteiger charge is -2.04. The maximum Gasteiger partial charge on any atom is 0.268 e. The molecule has 0 radical (unpaired) electrons. The minimum Gasteiger partial charge on any atom is -0.111 e. The molecular formula is C53H106N+. The second kappa shape index (κ2) is 52.5. The molecule has 0 aliphatic rings. The molecule has 0 heterocycles. The molecule has 0 unspecified atom stereocenters. The first-order valence-corrected chi connectivity index (χ1v) is 26.2. The van der Waals surface area contributed by atoms with Gasteiger partial charge in [0.25, 0.3) is 12.4 Å².